The van der Waals surface area contributed by atoms with Crippen LogP contribution in [-0.4, -0.2) is 23.4 Å². The summed E-state index contributed by atoms with van der Waals surface area (Å²) in [7, 11) is 0. The summed E-state index contributed by atoms with van der Waals surface area (Å²) < 4.78 is 38.7. The molecule has 0 aromatic heterocycles. The van der Waals surface area contributed by atoms with Gasteiger partial charge in [-0.1, -0.05) is 43.2 Å². The average molecular weight is 429 g/mol. The molecule has 8 heteroatoms. The summed E-state index contributed by atoms with van der Waals surface area (Å²) in [6, 6.07) is 4.92. The van der Waals surface area contributed by atoms with Gasteiger partial charge in [-0.2, -0.15) is 18.2 Å². The molecule has 0 bridgehead atoms. The maximum Gasteiger partial charge on any atom is 0.416 e. The fraction of sp³-hybridized carbons (Fsp3) is 0.391. The number of carbonyl (C=O) groups is 2. The standard InChI is InChI=1S/C23H22F3N3O2/c24-23(25,26)15-7-5-6-14(12-15)13-27-21(30)17-9-2-1-8-16(17)20-28-19-11-4-3-10-18(19)22(31)29-20/h3-7,10-12,16-18H,1-2,8-9,13H2,(H,27,30). The minimum absolute atomic E-state index is 0.00149. The van der Waals surface area contributed by atoms with Crippen molar-refractivity contribution in [3.05, 3.63) is 59.7 Å². The molecule has 3 atom stereocenters. The van der Waals surface area contributed by atoms with E-state index in [-0.39, 0.29) is 24.3 Å². The Balaban J connectivity index is 1.47. The lowest BCUT2D eigenvalue weighted by Gasteiger charge is -2.31. The first-order valence-electron chi connectivity index (χ1n) is 10.3. The van der Waals surface area contributed by atoms with E-state index in [0.29, 0.717) is 30.0 Å². The zero-order chi connectivity index (χ0) is 22.0. The number of allylic oxidation sites excluding steroid dienone is 3. The van der Waals surface area contributed by atoms with Gasteiger partial charge in [-0.05, 0) is 36.6 Å². The highest BCUT2D eigenvalue weighted by atomic mass is 19.4. The molecule has 5 nitrogen and oxygen atoms in total. The van der Waals surface area contributed by atoms with Crippen molar-refractivity contribution in [2.75, 3.05) is 0 Å². The molecule has 2 amide bonds. The summed E-state index contributed by atoms with van der Waals surface area (Å²) in [6.45, 7) is 0.00149. The number of aliphatic imine (C=N–C) groups is 2. The van der Waals surface area contributed by atoms with Crippen molar-refractivity contribution in [1.29, 1.82) is 0 Å². The van der Waals surface area contributed by atoms with Crippen molar-refractivity contribution < 1.29 is 22.8 Å². The van der Waals surface area contributed by atoms with E-state index in [0.717, 1.165) is 25.0 Å². The van der Waals surface area contributed by atoms with Gasteiger partial charge in [0.15, 0.2) is 0 Å². The minimum atomic E-state index is -4.43. The normalized spacial score (nSPS) is 25.5. The largest absolute Gasteiger partial charge is 0.416 e. The average Bonchev–Trinajstić information content (AvgIpc) is 2.77. The zero-order valence-electron chi connectivity index (χ0n) is 16.7. The predicted molar refractivity (Wildman–Crippen MR) is 110 cm³/mol. The Kier molecular flexibility index (Phi) is 5.89. The van der Waals surface area contributed by atoms with E-state index in [1.807, 2.05) is 6.08 Å². The summed E-state index contributed by atoms with van der Waals surface area (Å²) in [4.78, 5) is 34.1. The molecule has 1 saturated carbocycles. The van der Waals surface area contributed by atoms with Gasteiger partial charge in [-0.25, -0.2) is 4.99 Å². The molecule has 1 heterocycles. The van der Waals surface area contributed by atoms with Gasteiger partial charge in [-0.15, -0.1) is 0 Å². The number of fused-ring (bicyclic) bond motifs is 1. The third-order valence-corrected chi connectivity index (χ3v) is 5.89. The van der Waals surface area contributed by atoms with Crippen LogP contribution < -0.4 is 5.32 Å². The van der Waals surface area contributed by atoms with E-state index < -0.39 is 23.6 Å². The molecule has 1 aliphatic heterocycles. The molecule has 4 rings (SSSR count). The van der Waals surface area contributed by atoms with Gasteiger partial charge in [0, 0.05) is 18.4 Å². The molecular weight excluding hydrogens is 407 g/mol. The second-order valence-corrected chi connectivity index (χ2v) is 7.98. The van der Waals surface area contributed by atoms with Crippen LogP contribution in [0.5, 0.6) is 0 Å². The number of nitrogens with one attached hydrogen (secondary N) is 1. The number of amidine groups is 1. The van der Waals surface area contributed by atoms with Crippen molar-refractivity contribution in [3.8, 4) is 0 Å². The number of alkyl halides is 3. The van der Waals surface area contributed by atoms with Gasteiger partial charge in [-0.3, -0.25) is 9.59 Å². The van der Waals surface area contributed by atoms with Crippen molar-refractivity contribution in [2.24, 2.45) is 27.7 Å². The van der Waals surface area contributed by atoms with E-state index in [1.54, 1.807) is 24.3 Å². The van der Waals surface area contributed by atoms with Gasteiger partial charge >= 0.3 is 6.18 Å². The number of nitrogens with zero attached hydrogens (tertiary/aromatic N) is 2. The van der Waals surface area contributed by atoms with Crippen LogP contribution in [0.3, 0.4) is 0 Å². The topological polar surface area (TPSA) is 70.9 Å². The Morgan fingerprint density at radius 3 is 2.74 bits per heavy atom. The number of carbonyl (C=O) groups excluding carboxylic acids is 2. The number of benzene rings is 1. The summed E-state index contributed by atoms with van der Waals surface area (Å²) >= 11 is 0. The van der Waals surface area contributed by atoms with Gasteiger partial charge in [0.05, 0.1) is 11.3 Å². The smallest absolute Gasteiger partial charge is 0.352 e. The zero-order valence-corrected chi connectivity index (χ0v) is 16.7. The molecule has 1 fully saturated rings. The lowest BCUT2D eigenvalue weighted by atomic mass is 9.77. The van der Waals surface area contributed by atoms with Crippen LogP contribution in [0.4, 0.5) is 13.2 Å². The van der Waals surface area contributed by atoms with Gasteiger partial charge in [0.1, 0.15) is 11.8 Å². The second kappa shape index (κ2) is 8.61. The van der Waals surface area contributed by atoms with E-state index in [1.165, 1.54) is 6.07 Å². The lowest BCUT2D eigenvalue weighted by Crippen LogP contribution is -2.41. The first-order chi connectivity index (χ1) is 14.8. The predicted octanol–water partition coefficient (Wildman–Crippen LogP) is 4.25. The highest BCUT2D eigenvalue weighted by Crippen LogP contribution is 2.34. The molecule has 2 aliphatic carbocycles. The first-order valence-corrected chi connectivity index (χ1v) is 10.3. The van der Waals surface area contributed by atoms with Crippen molar-refractivity contribution in [2.45, 2.75) is 38.4 Å². The third-order valence-electron chi connectivity index (χ3n) is 5.89. The Bertz CT molecular complexity index is 1010. The van der Waals surface area contributed by atoms with Crippen LogP contribution in [0.15, 0.2) is 58.6 Å². The molecule has 0 saturated heterocycles. The molecule has 3 unspecified atom stereocenters. The first kappa shape index (κ1) is 21.2. The number of halogens is 3. The van der Waals surface area contributed by atoms with Crippen LogP contribution in [0.1, 0.15) is 36.8 Å². The molecule has 1 aromatic carbocycles. The summed E-state index contributed by atoms with van der Waals surface area (Å²) in [6.07, 6.45) is 5.77. The van der Waals surface area contributed by atoms with Gasteiger partial charge in [0.25, 0.3) is 5.91 Å². The fourth-order valence-electron chi connectivity index (χ4n) is 4.28. The van der Waals surface area contributed by atoms with Crippen molar-refractivity contribution >= 4 is 23.4 Å². The Morgan fingerprint density at radius 1 is 1.13 bits per heavy atom. The Hall–Kier alpha value is -3.03. The molecule has 0 spiro atoms. The van der Waals surface area contributed by atoms with E-state index in [9.17, 15) is 22.8 Å². The summed E-state index contributed by atoms with van der Waals surface area (Å²) in [5, 5.41) is 2.76. The van der Waals surface area contributed by atoms with E-state index >= 15 is 0 Å². The molecule has 1 N–H and O–H groups in total. The number of hydrogen-bond donors (Lipinski definition) is 1. The Labute approximate surface area is 177 Å². The molecule has 162 valence electrons. The lowest BCUT2D eigenvalue weighted by molar-refractivity contribution is -0.137. The van der Waals surface area contributed by atoms with Crippen molar-refractivity contribution in [1.82, 2.24) is 5.32 Å². The highest BCUT2D eigenvalue weighted by molar-refractivity contribution is 6.22. The number of hydrogen-bond acceptors (Lipinski definition) is 3. The van der Waals surface area contributed by atoms with Crippen molar-refractivity contribution in [3.63, 3.8) is 0 Å². The number of rotatable bonds is 4. The number of amides is 2. The Morgan fingerprint density at radius 2 is 1.94 bits per heavy atom. The summed E-state index contributed by atoms with van der Waals surface area (Å²) in [5.41, 5.74) is 0.263. The van der Waals surface area contributed by atoms with Crippen LogP contribution in [0.2, 0.25) is 0 Å². The van der Waals surface area contributed by atoms with Gasteiger partial charge in [0.2, 0.25) is 5.91 Å². The van der Waals surface area contributed by atoms with Crippen LogP contribution >= 0.6 is 0 Å². The summed E-state index contributed by atoms with van der Waals surface area (Å²) in [5.74, 6) is -1.32. The maximum atomic E-state index is 12.9. The van der Waals surface area contributed by atoms with E-state index in [2.05, 4.69) is 15.3 Å². The van der Waals surface area contributed by atoms with E-state index in [4.69, 9.17) is 0 Å². The quantitative estimate of drug-likeness (QED) is 0.777. The molecule has 31 heavy (non-hydrogen) atoms. The highest BCUT2D eigenvalue weighted by Gasteiger charge is 2.37. The maximum absolute atomic E-state index is 12.9. The molecule has 0 radical (unpaired) electrons. The van der Waals surface area contributed by atoms with Gasteiger partial charge < -0.3 is 5.32 Å². The molecular formula is C23H22F3N3O2. The third kappa shape index (κ3) is 4.68. The monoisotopic (exact) mass is 429 g/mol. The van der Waals surface area contributed by atoms with Crippen LogP contribution in [0.25, 0.3) is 0 Å². The van der Waals surface area contributed by atoms with Crippen LogP contribution in [0, 0.1) is 17.8 Å². The van der Waals surface area contributed by atoms with Crippen LogP contribution in [-0.2, 0) is 22.3 Å². The minimum Gasteiger partial charge on any atom is -0.352 e. The molecule has 3 aliphatic rings. The SMILES string of the molecule is O=C1N=C(C2CCCCC2C(=O)NCc2cccc(C(F)(F)F)c2)N=C2C=CC=CC12. The fourth-order valence-corrected chi connectivity index (χ4v) is 4.28. The second-order valence-electron chi connectivity index (χ2n) is 7.98. The molecule has 1 aromatic rings.